The maximum atomic E-state index is 12.6. The molecule has 0 spiro atoms. The number of alkyl halides is 3. The van der Waals surface area contributed by atoms with Crippen molar-refractivity contribution < 1.29 is 18.3 Å². The van der Waals surface area contributed by atoms with Crippen LogP contribution in [0.2, 0.25) is 0 Å². The minimum Gasteiger partial charge on any atom is -0.386 e. The molecule has 0 radical (unpaired) electrons. The third-order valence-corrected chi connectivity index (χ3v) is 4.67. The first-order chi connectivity index (χ1) is 9.77. The summed E-state index contributed by atoms with van der Waals surface area (Å²) in [5, 5.41) is 10.7. The molecule has 0 bridgehead atoms. The molecule has 2 rings (SSSR count). The van der Waals surface area contributed by atoms with Crippen LogP contribution in [0.1, 0.15) is 49.3 Å². The molecule has 2 nitrogen and oxygen atoms in total. The number of aliphatic hydroxyl groups is 1. The Kier molecular flexibility index (Phi) is 4.63. The first kappa shape index (κ1) is 16.3. The predicted octanol–water partition coefficient (Wildman–Crippen LogP) is 4.00. The lowest BCUT2D eigenvalue weighted by Gasteiger charge is -2.46. The van der Waals surface area contributed by atoms with E-state index in [0.29, 0.717) is 5.56 Å². The summed E-state index contributed by atoms with van der Waals surface area (Å²) in [5.41, 5.74) is -0.502. The van der Waals surface area contributed by atoms with Crippen molar-refractivity contribution in [2.75, 3.05) is 14.1 Å². The molecule has 21 heavy (non-hydrogen) atoms. The highest BCUT2D eigenvalue weighted by Gasteiger charge is 2.42. The van der Waals surface area contributed by atoms with E-state index < -0.39 is 17.8 Å². The first-order valence-electron chi connectivity index (χ1n) is 7.30. The van der Waals surface area contributed by atoms with E-state index >= 15 is 0 Å². The molecule has 1 aromatic carbocycles. The van der Waals surface area contributed by atoms with Gasteiger partial charge in [-0.3, -0.25) is 0 Å². The Morgan fingerprint density at radius 1 is 1.05 bits per heavy atom. The molecule has 5 heteroatoms. The van der Waals surface area contributed by atoms with E-state index in [4.69, 9.17) is 0 Å². The number of halogens is 3. The Labute approximate surface area is 123 Å². The van der Waals surface area contributed by atoms with Crippen LogP contribution in [0.5, 0.6) is 0 Å². The highest BCUT2D eigenvalue weighted by molar-refractivity contribution is 5.28. The van der Waals surface area contributed by atoms with Gasteiger partial charge in [0.05, 0.1) is 17.2 Å². The molecule has 1 fully saturated rings. The average Bonchev–Trinajstić information content (AvgIpc) is 2.46. The molecule has 1 saturated carbocycles. The Hall–Kier alpha value is -1.07. The molecule has 1 atom stereocenters. The maximum Gasteiger partial charge on any atom is 0.416 e. The van der Waals surface area contributed by atoms with Gasteiger partial charge in [0.15, 0.2) is 0 Å². The molecular formula is C16H22F3NO. The normalized spacial score (nSPS) is 20.5. The van der Waals surface area contributed by atoms with Gasteiger partial charge >= 0.3 is 6.18 Å². The summed E-state index contributed by atoms with van der Waals surface area (Å²) in [7, 11) is 3.86. The highest BCUT2D eigenvalue weighted by Crippen LogP contribution is 2.42. The molecule has 1 unspecified atom stereocenters. The van der Waals surface area contributed by atoms with Crippen LogP contribution in [-0.4, -0.2) is 29.6 Å². The van der Waals surface area contributed by atoms with Crippen LogP contribution in [0, 0.1) is 0 Å². The van der Waals surface area contributed by atoms with Crippen LogP contribution in [0.25, 0.3) is 0 Å². The summed E-state index contributed by atoms with van der Waals surface area (Å²) in [4.78, 5) is 2.02. The van der Waals surface area contributed by atoms with E-state index in [0.717, 1.165) is 44.2 Å². The van der Waals surface area contributed by atoms with Crippen molar-refractivity contribution in [1.82, 2.24) is 4.90 Å². The van der Waals surface area contributed by atoms with Crippen molar-refractivity contribution in [3.8, 4) is 0 Å². The van der Waals surface area contributed by atoms with E-state index in [-0.39, 0.29) is 5.54 Å². The molecular weight excluding hydrogens is 279 g/mol. The Balaban J connectivity index is 2.27. The van der Waals surface area contributed by atoms with Gasteiger partial charge in [0.2, 0.25) is 0 Å². The number of likely N-dealkylation sites (N-methyl/N-ethyl adjacent to an activating group) is 1. The van der Waals surface area contributed by atoms with Gasteiger partial charge in [0.25, 0.3) is 0 Å². The number of hydrogen-bond acceptors (Lipinski definition) is 2. The molecule has 1 aliphatic carbocycles. The van der Waals surface area contributed by atoms with Gasteiger partial charge in [-0.1, -0.05) is 31.4 Å². The SMILES string of the molecule is CN(C)C1(C(O)c2ccc(C(F)(F)F)cc2)CCCCC1. The molecule has 0 aromatic heterocycles. The lowest BCUT2D eigenvalue weighted by atomic mass is 9.74. The Morgan fingerprint density at radius 2 is 1.57 bits per heavy atom. The third kappa shape index (κ3) is 3.24. The minimum atomic E-state index is -4.34. The lowest BCUT2D eigenvalue weighted by Crippen LogP contribution is -2.50. The first-order valence-corrected chi connectivity index (χ1v) is 7.30. The summed E-state index contributed by atoms with van der Waals surface area (Å²) in [6, 6.07) is 4.89. The van der Waals surface area contributed by atoms with Crippen molar-refractivity contribution in [3.63, 3.8) is 0 Å². The summed E-state index contributed by atoms with van der Waals surface area (Å²) in [6.07, 6.45) is -0.158. The van der Waals surface area contributed by atoms with Crippen LogP contribution < -0.4 is 0 Å². The molecule has 0 heterocycles. The third-order valence-electron chi connectivity index (χ3n) is 4.67. The van der Waals surface area contributed by atoms with E-state index in [1.165, 1.54) is 12.1 Å². The van der Waals surface area contributed by atoms with Crippen LogP contribution in [0.15, 0.2) is 24.3 Å². The summed E-state index contributed by atoms with van der Waals surface area (Å²) in [6.45, 7) is 0. The highest BCUT2D eigenvalue weighted by atomic mass is 19.4. The van der Waals surface area contributed by atoms with Gasteiger partial charge in [-0.2, -0.15) is 13.2 Å². The zero-order chi connectivity index (χ0) is 15.7. The van der Waals surface area contributed by atoms with E-state index in [1.807, 2.05) is 19.0 Å². The lowest BCUT2D eigenvalue weighted by molar-refractivity contribution is -0.137. The van der Waals surface area contributed by atoms with E-state index in [2.05, 4.69) is 0 Å². The summed E-state index contributed by atoms with van der Waals surface area (Å²) in [5.74, 6) is 0. The zero-order valence-corrected chi connectivity index (χ0v) is 12.5. The average molecular weight is 301 g/mol. The van der Waals surface area contributed by atoms with Crippen LogP contribution >= 0.6 is 0 Å². The van der Waals surface area contributed by atoms with Crippen molar-refractivity contribution in [2.45, 2.75) is 49.9 Å². The molecule has 0 aliphatic heterocycles. The standard InChI is InChI=1S/C16H22F3NO/c1-20(2)15(10-4-3-5-11-15)14(21)12-6-8-13(9-7-12)16(17,18)19/h6-9,14,21H,3-5,10-11H2,1-2H3. The summed E-state index contributed by atoms with van der Waals surface area (Å²) >= 11 is 0. The molecule has 0 amide bonds. The molecule has 1 aromatic rings. The van der Waals surface area contributed by atoms with Gasteiger partial charge in [-0.05, 0) is 44.6 Å². The van der Waals surface area contributed by atoms with Crippen molar-refractivity contribution in [1.29, 1.82) is 0 Å². The number of rotatable bonds is 3. The van der Waals surface area contributed by atoms with E-state index in [9.17, 15) is 18.3 Å². The minimum absolute atomic E-state index is 0.377. The monoisotopic (exact) mass is 301 g/mol. The second-order valence-electron chi connectivity index (χ2n) is 6.08. The smallest absolute Gasteiger partial charge is 0.386 e. The van der Waals surface area contributed by atoms with Gasteiger partial charge in [-0.25, -0.2) is 0 Å². The van der Waals surface area contributed by atoms with Crippen LogP contribution in [-0.2, 0) is 6.18 Å². The fraction of sp³-hybridized carbons (Fsp3) is 0.625. The topological polar surface area (TPSA) is 23.5 Å². The number of hydrogen-bond donors (Lipinski definition) is 1. The maximum absolute atomic E-state index is 12.6. The number of aliphatic hydroxyl groups excluding tert-OH is 1. The fourth-order valence-corrected chi connectivity index (χ4v) is 3.29. The molecule has 1 N–H and O–H groups in total. The largest absolute Gasteiger partial charge is 0.416 e. The van der Waals surface area contributed by atoms with Crippen molar-refractivity contribution >= 4 is 0 Å². The Morgan fingerprint density at radius 3 is 2.00 bits per heavy atom. The molecule has 1 aliphatic rings. The van der Waals surface area contributed by atoms with Crippen LogP contribution in [0.4, 0.5) is 13.2 Å². The van der Waals surface area contributed by atoms with Gasteiger partial charge in [-0.15, -0.1) is 0 Å². The van der Waals surface area contributed by atoms with Crippen LogP contribution in [0.3, 0.4) is 0 Å². The van der Waals surface area contributed by atoms with Gasteiger partial charge in [0.1, 0.15) is 0 Å². The quantitative estimate of drug-likeness (QED) is 0.912. The van der Waals surface area contributed by atoms with Crippen molar-refractivity contribution in [2.24, 2.45) is 0 Å². The summed E-state index contributed by atoms with van der Waals surface area (Å²) < 4.78 is 37.8. The number of nitrogens with zero attached hydrogens (tertiary/aromatic N) is 1. The molecule has 0 saturated heterocycles. The fourth-order valence-electron chi connectivity index (χ4n) is 3.29. The van der Waals surface area contributed by atoms with E-state index in [1.54, 1.807) is 0 Å². The number of benzene rings is 1. The predicted molar refractivity (Wildman–Crippen MR) is 75.9 cm³/mol. The Bertz CT molecular complexity index is 461. The molecule has 118 valence electrons. The van der Waals surface area contributed by atoms with Gasteiger partial charge < -0.3 is 10.0 Å². The van der Waals surface area contributed by atoms with Crippen molar-refractivity contribution in [3.05, 3.63) is 35.4 Å². The second kappa shape index (κ2) is 5.97. The zero-order valence-electron chi connectivity index (χ0n) is 12.5. The second-order valence-corrected chi connectivity index (χ2v) is 6.08. The van der Waals surface area contributed by atoms with Gasteiger partial charge in [0, 0.05) is 0 Å².